The summed E-state index contributed by atoms with van der Waals surface area (Å²) >= 11 is 0. The number of para-hydroxylation sites is 1. The van der Waals surface area contributed by atoms with Gasteiger partial charge in [0.25, 0.3) is 0 Å². The quantitative estimate of drug-likeness (QED) is 0.583. The molecule has 0 unspecified atom stereocenters. The third-order valence-electron chi connectivity index (χ3n) is 3.43. The van der Waals surface area contributed by atoms with E-state index in [1.165, 1.54) is 37.9 Å². The molecule has 13 heavy (non-hydrogen) atoms. The normalized spacial score (nSPS) is 25.5. The number of fused-ring (bicyclic) bond motifs is 3. The summed E-state index contributed by atoms with van der Waals surface area (Å²) in [4.78, 5) is 2.61. The van der Waals surface area contributed by atoms with Gasteiger partial charge in [-0.2, -0.15) is 0 Å². The van der Waals surface area contributed by atoms with Gasteiger partial charge in [0.05, 0.1) is 0 Å². The fourth-order valence-corrected chi connectivity index (χ4v) is 2.78. The Balaban J connectivity index is 2.06. The Labute approximate surface area is 79.4 Å². The molecule has 0 saturated carbocycles. The van der Waals surface area contributed by atoms with E-state index in [1.54, 1.807) is 5.56 Å². The molecule has 1 heteroatoms. The first-order valence-corrected chi connectivity index (χ1v) is 5.30. The summed E-state index contributed by atoms with van der Waals surface area (Å²) in [6.07, 6.45) is 5.46. The third-order valence-corrected chi connectivity index (χ3v) is 3.43. The van der Waals surface area contributed by atoms with Gasteiger partial charge in [0.15, 0.2) is 0 Å². The van der Waals surface area contributed by atoms with Gasteiger partial charge >= 0.3 is 0 Å². The van der Waals surface area contributed by atoms with Crippen LogP contribution in [-0.4, -0.2) is 12.6 Å². The maximum atomic E-state index is 2.61. The molecule has 0 spiro atoms. The van der Waals surface area contributed by atoms with Crippen LogP contribution in [0.3, 0.4) is 0 Å². The Kier molecular flexibility index (Phi) is 1.58. The average molecular weight is 173 g/mol. The highest BCUT2D eigenvalue weighted by atomic mass is 15.2. The van der Waals surface area contributed by atoms with Crippen LogP contribution in [-0.2, 0) is 6.42 Å². The molecule has 1 saturated heterocycles. The number of hydrogen-bond acceptors (Lipinski definition) is 1. The number of anilines is 1. The Hall–Kier alpha value is -0.980. The second-order valence-electron chi connectivity index (χ2n) is 4.16. The summed E-state index contributed by atoms with van der Waals surface area (Å²) in [5.41, 5.74) is 3.07. The molecule has 2 aliphatic rings. The summed E-state index contributed by atoms with van der Waals surface area (Å²) in [6.45, 7) is 1.28. The molecule has 0 aliphatic carbocycles. The molecule has 68 valence electrons. The van der Waals surface area contributed by atoms with Crippen LogP contribution in [0.4, 0.5) is 5.69 Å². The zero-order valence-electron chi connectivity index (χ0n) is 7.87. The van der Waals surface area contributed by atoms with Crippen molar-refractivity contribution in [1.29, 1.82) is 0 Å². The van der Waals surface area contributed by atoms with Gasteiger partial charge in [0.1, 0.15) is 0 Å². The van der Waals surface area contributed by atoms with E-state index >= 15 is 0 Å². The van der Waals surface area contributed by atoms with Gasteiger partial charge in [-0.25, -0.2) is 0 Å². The zero-order valence-corrected chi connectivity index (χ0v) is 7.87. The standard InChI is InChI=1S/C12H15N/c1-2-6-12-10(4-1)7-8-11-5-3-9-13(11)12/h1-2,4,6,11H,3,5,7-9H2/t11-/m0/s1. The lowest BCUT2D eigenvalue weighted by Crippen LogP contribution is -2.33. The van der Waals surface area contributed by atoms with Gasteiger partial charge < -0.3 is 4.90 Å². The van der Waals surface area contributed by atoms with Gasteiger partial charge in [-0.05, 0) is 37.3 Å². The molecule has 1 fully saturated rings. The van der Waals surface area contributed by atoms with Crippen LogP contribution in [0.5, 0.6) is 0 Å². The number of rotatable bonds is 0. The predicted octanol–water partition coefficient (Wildman–Crippen LogP) is 2.60. The highest BCUT2D eigenvalue weighted by molar-refractivity contribution is 5.57. The van der Waals surface area contributed by atoms with Crippen molar-refractivity contribution in [1.82, 2.24) is 0 Å². The minimum Gasteiger partial charge on any atom is -0.368 e. The monoisotopic (exact) mass is 173 g/mol. The van der Waals surface area contributed by atoms with Gasteiger partial charge in [-0.1, -0.05) is 18.2 Å². The first-order chi connectivity index (χ1) is 6.45. The highest BCUT2D eigenvalue weighted by Gasteiger charge is 2.29. The van der Waals surface area contributed by atoms with Crippen LogP contribution in [0, 0.1) is 0 Å². The fourth-order valence-electron chi connectivity index (χ4n) is 2.78. The summed E-state index contributed by atoms with van der Waals surface area (Å²) in [5, 5.41) is 0. The molecule has 2 aliphatic heterocycles. The second kappa shape index (κ2) is 2.76. The van der Waals surface area contributed by atoms with Crippen molar-refractivity contribution in [2.75, 3.05) is 11.4 Å². The summed E-state index contributed by atoms with van der Waals surface area (Å²) < 4.78 is 0. The molecule has 0 amide bonds. The van der Waals surface area contributed by atoms with Crippen molar-refractivity contribution >= 4 is 5.69 Å². The van der Waals surface area contributed by atoms with Gasteiger partial charge in [-0.3, -0.25) is 0 Å². The Morgan fingerprint density at radius 1 is 1.15 bits per heavy atom. The molecule has 0 N–H and O–H groups in total. The molecule has 1 aromatic carbocycles. The molecule has 0 aromatic heterocycles. The molecule has 1 aromatic rings. The van der Waals surface area contributed by atoms with Gasteiger partial charge in [0, 0.05) is 18.3 Å². The maximum absolute atomic E-state index is 2.61. The minimum absolute atomic E-state index is 0.856. The summed E-state index contributed by atoms with van der Waals surface area (Å²) in [5.74, 6) is 0. The lowest BCUT2D eigenvalue weighted by molar-refractivity contribution is 0.586. The molecule has 1 nitrogen and oxygen atoms in total. The molecule has 1 atom stereocenters. The molecule has 0 bridgehead atoms. The predicted molar refractivity (Wildman–Crippen MR) is 55.1 cm³/mol. The molecule has 0 radical (unpaired) electrons. The van der Waals surface area contributed by atoms with E-state index in [2.05, 4.69) is 29.2 Å². The van der Waals surface area contributed by atoms with Crippen molar-refractivity contribution in [2.24, 2.45) is 0 Å². The summed E-state index contributed by atoms with van der Waals surface area (Å²) in [6, 6.07) is 9.75. The number of benzene rings is 1. The van der Waals surface area contributed by atoms with Crippen molar-refractivity contribution in [3.05, 3.63) is 29.8 Å². The van der Waals surface area contributed by atoms with Gasteiger partial charge in [-0.15, -0.1) is 0 Å². The number of aryl methyl sites for hydroxylation is 1. The Morgan fingerprint density at radius 3 is 3.08 bits per heavy atom. The van der Waals surface area contributed by atoms with Crippen molar-refractivity contribution < 1.29 is 0 Å². The third kappa shape index (κ3) is 1.06. The highest BCUT2D eigenvalue weighted by Crippen LogP contribution is 2.35. The minimum atomic E-state index is 0.856. The van der Waals surface area contributed by atoms with E-state index < -0.39 is 0 Å². The fraction of sp³-hybridized carbons (Fsp3) is 0.500. The second-order valence-corrected chi connectivity index (χ2v) is 4.16. The van der Waals surface area contributed by atoms with Crippen molar-refractivity contribution in [3.63, 3.8) is 0 Å². The van der Waals surface area contributed by atoms with E-state index in [4.69, 9.17) is 0 Å². The number of hydrogen-bond donors (Lipinski definition) is 0. The molecular weight excluding hydrogens is 158 g/mol. The van der Waals surface area contributed by atoms with E-state index in [1.807, 2.05) is 0 Å². The van der Waals surface area contributed by atoms with E-state index in [9.17, 15) is 0 Å². The maximum Gasteiger partial charge on any atom is 0.0401 e. The molecular formula is C12H15N. The van der Waals surface area contributed by atoms with Crippen molar-refractivity contribution in [2.45, 2.75) is 31.7 Å². The van der Waals surface area contributed by atoms with Crippen LogP contribution >= 0.6 is 0 Å². The van der Waals surface area contributed by atoms with E-state index in [0.717, 1.165) is 6.04 Å². The Morgan fingerprint density at radius 2 is 2.08 bits per heavy atom. The number of nitrogens with zero attached hydrogens (tertiary/aromatic N) is 1. The van der Waals surface area contributed by atoms with Crippen molar-refractivity contribution in [3.8, 4) is 0 Å². The lowest BCUT2D eigenvalue weighted by atomic mass is 9.97. The Bertz CT molecular complexity index is 319. The SMILES string of the molecule is c1ccc2c(c1)CC[C@@H]1CCCN21. The van der Waals surface area contributed by atoms with Gasteiger partial charge in [0.2, 0.25) is 0 Å². The van der Waals surface area contributed by atoms with E-state index in [0.29, 0.717) is 0 Å². The smallest absolute Gasteiger partial charge is 0.0401 e. The average Bonchev–Trinajstić information content (AvgIpc) is 2.65. The first-order valence-electron chi connectivity index (χ1n) is 5.30. The van der Waals surface area contributed by atoms with E-state index in [-0.39, 0.29) is 0 Å². The zero-order chi connectivity index (χ0) is 8.67. The molecule has 2 heterocycles. The topological polar surface area (TPSA) is 3.24 Å². The summed E-state index contributed by atoms with van der Waals surface area (Å²) in [7, 11) is 0. The van der Waals surface area contributed by atoms with Crippen LogP contribution in [0.1, 0.15) is 24.8 Å². The lowest BCUT2D eigenvalue weighted by Gasteiger charge is -2.33. The van der Waals surface area contributed by atoms with Crippen LogP contribution < -0.4 is 4.90 Å². The largest absolute Gasteiger partial charge is 0.368 e. The molecule has 3 rings (SSSR count). The van der Waals surface area contributed by atoms with Crippen LogP contribution in [0.25, 0.3) is 0 Å². The van der Waals surface area contributed by atoms with Crippen LogP contribution in [0.15, 0.2) is 24.3 Å². The first kappa shape index (κ1) is 7.43. The van der Waals surface area contributed by atoms with Crippen LogP contribution in [0.2, 0.25) is 0 Å².